The molecule has 0 radical (unpaired) electrons. The molecule has 0 spiro atoms. The molecule has 40 heavy (non-hydrogen) atoms. The molecule has 0 unspecified atom stereocenters. The van der Waals surface area contributed by atoms with Gasteiger partial charge in [-0.2, -0.15) is 10.2 Å². The van der Waals surface area contributed by atoms with Gasteiger partial charge in [0.15, 0.2) is 5.82 Å². The van der Waals surface area contributed by atoms with Crippen LogP contribution in [0.1, 0.15) is 25.0 Å². The van der Waals surface area contributed by atoms with Crippen molar-refractivity contribution in [3.8, 4) is 11.1 Å². The minimum Gasteiger partial charge on any atom is -0.343 e. The molecule has 5 aromatic rings. The van der Waals surface area contributed by atoms with Crippen LogP contribution in [0, 0.1) is 5.82 Å². The Morgan fingerprint density at radius 3 is 2.30 bits per heavy atom. The third-order valence-corrected chi connectivity index (χ3v) is 7.02. The lowest BCUT2D eigenvalue weighted by atomic mass is 9.86. The normalized spacial score (nSPS) is 14.9. The summed E-state index contributed by atoms with van der Waals surface area (Å²) in [5.74, 6) is 0.755. The Labute approximate surface area is 229 Å². The molecule has 1 aliphatic rings. The number of nitrogens with one attached hydrogen (secondary N) is 1. The molecule has 11 nitrogen and oxygen atoms in total. The van der Waals surface area contributed by atoms with E-state index in [2.05, 4.69) is 41.4 Å². The van der Waals surface area contributed by atoms with E-state index in [1.807, 2.05) is 54.4 Å². The van der Waals surface area contributed by atoms with Crippen LogP contribution in [0.25, 0.3) is 16.6 Å². The first kappa shape index (κ1) is 25.2. The Morgan fingerprint density at radius 2 is 1.65 bits per heavy atom. The van der Waals surface area contributed by atoms with Crippen molar-refractivity contribution in [2.45, 2.75) is 19.4 Å². The van der Waals surface area contributed by atoms with E-state index in [4.69, 9.17) is 0 Å². The molecule has 0 fully saturated rings. The molecule has 6 rings (SSSR count). The molecule has 0 saturated heterocycles. The maximum absolute atomic E-state index is 13.5. The fourth-order valence-electron chi connectivity index (χ4n) is 4.91. The number of rotatable bonds is 6. The second-order valence-corrected chi connectivity index (χ2v) is 9.81. The first-order valence-corrected chi connectivity index (χ1v) is 12.7. The summed E-state index contributed by atoms with van der Waals surface area (Å²) in [6, 6.07) is 8.09. The van der Waals surface area contributed by atoms with Gasteiger partial charge in [-0.25, -0.2) is 23.9 Å². The van der Waals surface area contributed by atoms with Crippen molar-refractivity contribution in [2.24, 2.45) is 7.05 Å². The van der Waals surface area contributed by atoms with Crippen LogP contribution < -0.4 is 15.1 Å². The summed E-state index contributed by atoms with van der Waals surface area (Å²) in [5.41, 5.74) is 3.39. The Bertz CT molecular complexity index is 1710. The minimum atomic E-state index is -0.920. The highest BCUT2D eigenvalue weighted by atomic mass is 19.1. The third-order valence-electron chi connectivity index (χ3n) is 7.02. The Morgan fingerprint density at radius 1 is 0.925 bits per heavy atom. The lowest BCUT2D eigenvalue weighted by Gasteiger charge is -2.32. The largest absolute Gasteiger partial charge is 0.343 e. The van der Waals surface area contributed by atoms with Gasteiger partial charge < -0.3 is 15.1 Å². The molecule has 4 aromatic heterocycles. The number of amides is 1. The van der Waals surface area contributed by atoms with E-state index in [0.717, 1.165) is 28.0 Å². The fourth-order valence-corrected chi connectivity index (χ4v) is 4.91. The highest BCUT2D eigenvalue weighted by Crippen LogP contribution is 2.30. The zero-order valence-corrected chi connectivity index (χ0v) is 22.2. The van der Waals surface area contributed by atoms with E-state index in [-0.39, 0.29) is 11.7 Å². The minimum absolute atomic E-state index is 0.218. The monoisotopic (exact) mass is 538 g/mol. The first-order valence-electron chi connectivity index (χ1n) is 12.7. The third kappa shape index (κ3) is 4.64. The van der Waals surface area contributed by atoms with Crippen LogP contribution in [-0.2, 0) is 17.4 Å². The summed E-state index contributed by atoms with van der Waals surface area (Å²) in [7, 11) is 1.89. The van der Waals surface area contributed by atoms with Crippen molar-refractivity contribution in [3.05, 3.63) is 97.0 Å². The van der Waals surface area contributed by atoms with Crippen LogP contribution in [0.4, 0.5) is 16.2 Å². The number of halogens is 1. The van der Waals surface area contributed by atoms with Crippen LogP contribution >= 0.6 is 0 Å². The molecule has 12 heteroatoms. The number of benzene rings is 1. The van der Waals surface area contributed by atoms with Crippen LogP contribution in [0.2, 0.25) is 0 Å². The zero-order valence-electron chi connectivity index (χ0n) is 22.2. The predicted octanol–water partition coefficient (Wildman–Crippen LogP) is 3.26. The van der Waals surface area contributed by atoms with E-state index < -0.39 is 5.54 Å². The SMILES string of the molecule is CC(=O)N[C@@](C)(c1ccc(F)cc1)c1cnc(N2C=CN(c3ncnn4cc(-c5cnn(C)c5)cc34)CC2)nc1. The number of anilines is 2. The number of carbonyl (C=O) groups is 1. The Balaban J connectivity index is 1.23. The Kier molecular flexibility index (Phi) is 6.21. The van der Waals surface area contributed by atoms with Crippen LogP contribution in [0.5, 0.6) is 0 Å². The fraction of sp³-hybridized carbons (Fsp3) is 0.214. The summed E-state index contributed by atoms with van der Waals surface area (Å²) in [4.78, 5) is 29.8. The van der Waals surface area contributed by atoms with Crippen molar-refractivity contribution in [3.63, 3.8) is 0 Å². The van der Waals surface area contributed by atoms with Crippen molar-refractivity contribution >= 4 is 23.2 Å². The molecule has 1 atom stereocenters. The zero-order chi connectivity index (χ0) is 27.9. The summed E-state index contributed by atoms with van der Waals surface area (Å²) in [6.07, 6.45) is 14.5. The molecular formula is C28H27FN10O. The molecule has 5 heterocycles. The number of fused-ring (bicyclic) bond motifs is 1. The summed E-state index contributed by atoms with van der Waals surface area (Å²) in [6.45, 7) is 4.58. The topological polar surface area (TPSA) is 109 Å². The number of hydrogen-bond donors (Lipinski definition) is 1. The van der Waals surface area contributed by atoms with Crippen LogP contribution in [0.3, 0.4) is 0 Å². The van der Waals surface area contributed by atoms with E-state index in [0.29, 0.717) is 24.6 Å². The number of hydrogen-bond acceptors (Lipinski definition) is 8. The highest BCUT2D eigenvalue weighted by molar-refractivity contribution is 5.78. The van der Waals surface area contributed by atoms with Crippen molar-refractivity contribution in [2.75, 3.05) is 22.9 Å². The molecule has 202 valence electrons. The van der Waals surface area contributed by atoms with E-state index in [1.54, 1.807) is 35.5 Å². The quantitative estimate of drug-likeness (QED) is 0.351. The summed E-state index contributed by atoms with van der Waals surface area (Å²) < 4.78 is 17.1. The summed E-state index contributed by atoms with van der Waals surface area (Å²) in [5, 5.41) is 11.6. The van der Waals surface area contributed by atoms with Gasteiger partial charge in [0, 0.05) is 80.9 Å². The molecule has 1 amide bonds. The van der Waals surface area contributed by atoms with E-state index in [9.17, 15) is 9.18 Å². The van der Waals surface area contributed by atoms with E-state index >= 15 is 0 Å². The molecule has 0 saturated carbocycles. The van der Waals surface area contributed by atoms with Gasteiger partial charge in [-0.3, -0.25) is 9.48 Å². The molecule has 0 aliphatic carbocycles. The lowest BCUT2D eigenvalue weighted by Crippen LogP contribution is -2.43. The standard InChI is InChI=1S/C28H27FN10O/c1-19(40)35-28(2,22-4-6-24(29)7-5-22)23-14-30-27(31-15-23)38-10-8-37(9-11-38)26-25-12-20(17-39(25)34-18-32-26)21-13-33-36(3)16-21/h4-8,10,12-18H,9,11H2,1-3H3,(H,35,40)/t28-/m0/s1. The van der Waals surface area contributed by atoms with Gasteiger partial charge in [0.25, 0.3) is 0 Å². The average Bonchev–Trinajstić information content (AvgIpc) is 3.59. The second-order valence-electron chi connectivity index (χ2n) is 9.81. The van der Waals surface area contributed by atoms with Crippen molar-refractivity contribution < 1.29 is 9.18 Å². The van der Waals surface area contributed by atoms with Gasteiger partial charge in [-0.1, -0.05) is 12.1 Å². The average molecular weight is 539 g/mol. The predicted molar refractivity (Wildman–Crippen MR) is 148 cm³/mol. The van der Waals surface area contributed by atoms with E-state index in [1.165, 1.54) is 19.1 Å². The van der Waals surface area contributed by atoms with Gasteiger partial charge in [-0.15, -0.1) is 0 Å². The molecule has 1 N–H and O–H groups in total. The van der Waals surface area contributed by atoms with Crippen molar-refractivity contribution in [1.82, 2.24) is 39.7 Å². The van der Waals surface area contributed by atoms with Crippen LogP contribution in [0.15, 0.2) is 80.0 Å². The number of aryl methyl sites for hydroxylation is 1. The summed E-state index contributed by atoms with van der Waals surface area (Å²) >= 11 is 0. The van der Waals surface area contributed by atoms with Crippen LogP contribution in [-0.4, -0.2) is 53.3 Å². The number of carbonyl (C=O) groups excluding carboxylic acids is 1. The maximum Gasteiger partial charge on any atom is 0.229 e. The second kappa shape index (κ2) is 9.88. The van der Waals surface area contributed by atoms with Gasteiger partial charge in [0.2, 0.25) is 11.9 Å². The molecule has 1 aliphatic heterocycles. The van der Waals surface area contributed by atoms with Gasteiger partial charge in [0.05, 0.1) is 11.7 Å². The van der Waals surface area contributed by atoms with Gasteiger partial charge >= 0.3 is 0 Å². The highest BCUT2D eigenvalue weighted by Gasteiger charge is 2.31. The van der Waals surface area contributed by atoms with Gasteiger partial charge in [0.1, 0.15) is 17.7 Å². The smallest absolute Gasteiger partial charge is 0.229 e. The number of nitrogens with zero attached hydrogens (tertiary/aromatic N) is 9. The first-order chi connectivity index (χ1) is 19.3. The maximum atomic E-state index is 13.5. The molecule has 0 bridgehead atoms. The van der Waals surface area contributed by atoms with Crippen molar-refractivity contribution in [1.29, 1.82) is 0 Å². The number of aromatic nitrogens is 7. The lowest BCUT2D eigenvalue weighted by molar-refractivity contribution is -0.120. The molecular weight excluding hydrogens is 511 g/mol. The van der Waals surface area contributed by atoms with Gasteiger partial charge in [-0.05, 0) is 30.7 Å². The molecule has 1 aromatic carbocycles. The Hall–Kier alpha value is -5.13.